The lowest BCUT2D eigenvalue weighted by molar-refractivity contribution is -0.410. The van der Waals surface area contributed by atoms with E-state index in [1.165, 1.54) is 23.1 Å². The third-order valence-electron chi connectivity index (χ3n) is 3.92. The van der Waals surface area contributed by atoms with Crippen LogP contribution in [0.5, 0.6) is 0 Å². The number of rotatable bonds is 6. The summed E-state index contributed by atoms with van der Waals surface area (Å²) in [4.78, 5) is 15.9. The molecule has 0 fully saturated rings. The zero-order valence-electron chi connectivity index (χ0n) is 14.7. The molecule has 0 spiro atoms. The Morgan fingerprint density at radius 3 is 2.54 bits per heavy atom. The van der Waals surface area contributed by atoms with Gasteiger partial charge in [-0.3, -0.25) is 10.5 Å². The van der Waals surface area contributed by atoms with Crippen LogP contribution in [0.25, 0.3) is 10.4 Å². The normalized spacial score (nSPS) is 10.1. The Kier molecular flexibility index (Phi) is 6.28. The second-order valence-corrected chi connectivity index (χ2v) is 7.68. The van der Waals surface area contributed by atoms with E-state index in [0.717, 1.165) is 10.4 Å². The van der Waals surface area contributed by atoms with E-state index in [9.17, 15) is 15.3 Å². The van der Waals surface area contributed by atoms with Crippen molar-refractivity contribution in [3.8, 4) is 22.6 Å². The van der Waals surface area contributed by atoms with Crippen molar-refractivity contribution < 1.29 is 9.78 Å². The highest BCUT2D eigenvalue weighted by Crippen LogP contribution is 2.35. The second kappa shape index (κ2) is 9.05. The summed E-state index contributed by atoms with van der Waals surface area (Å²) in [5, 5.41) is 24.4. The van der Waals surface area contributed by atoms with E-state index < -0.39 is 0 Å². The first-order chi connectivity index (χ1) is 13.6. The molecule has 138 valence electrons. The molecule has 0 radical (unpaired) electrons. The molecule has 28 heavy (non-hydrogen) atoms. The molecule has 0 saturated carbocycles. The summed E-state index contributed by atoms with van der Waals surface area (Å²) in [6, 6.07) is 17.5. The van der Waals surface area contributed by atoms with Crippen LogP contribution in [0.15, 0.2) is 52.9 Å². The van der Waals surface area contributed by atoms with Crippen molar-refractivity contribution >= 4 is 34.8 Å². The van der Waals surface area contributed by atoms with Crippen molar-refractivity contribution in [2.75, 3.05) is 11.5 Å². The van der Waals surface area contributed by atoms with Gasteiger partial charge in [0.05, 0.1) is 5.75 Å². The first kappa shape index (κ1) is 19.4. The quantitative estimate of drug-likeness (QED) is 0.610. The standard InChI is InChI=1S/C20H15N5OS2/c21-9-14-18(16-7-4-8-27-16)15(10-22)20(25-19(14)23)28-12-17(26)24-11-13-5-2-1-3-6-13/h1-8H,11-12H2,(H2,23,25)(H,24,26)/p+1. The van der Waals surface area contributed by atoms with Gasteiger partial charge in [0.15, 0.2) is 10.6 Å². The molecule has 0 atom stereocenters. The van der Waals surface area contributed by atoms with Crippen LogP contribution in [0.4, 0.5) is 5.82 Å². The van der Waals surface area contributed by atoms with Gasteiger partial charge in [-0.1, -0.05) is 48.2 Å². The van der Waals surface area contributed by atoms with Crippen molar-refractivity contribution in [2.45, 2.75) is 11.6 Å². The number of thioether (sulfide) groups is 1. The van der Waals surface area contributed by atoms with Gasteiger partial charge in [-0.2, -0.15) is 10.5 Å². The summed E-state index contributed by atoms with van der Waals surface area (Å²) >= 11 is 2.61. The van der Waals surface area contributed by atoms with Gasteiger partial charge in [0, 0.05) is 17.0 Å². The summed E-state index contributed by atoms with van der Waals surface area (Å²) in [5.41, 5.74) is 8.06. The lowest BCUT2D eigenvalue weighted by atomic mass is 10.0. The van der Waals surface area contributed by atoms with E-state index in [1.54, 1.807) is 0 Å². The first-order valence-corrected chi connectivity index (χ1v) is 10.2. The van der Waals surface area contributed by atoms with Gasteiger partial charge in [-0.25, -0.2) is 4.98 Å². The second-order valence-electron chi connectivity index (χ2n) is 5.74. The average molecular weight is 407 g/mol. The van der Waals surface area contributed by atoms with E-state index >= 15 is 0 Å². The van der Waals surface area contributed by atoms with Gasteiger partial charge in [0.2, 0.25) is 5.91 Å². The SMILES string of the molecule is N#Cc1c(N)[nH+]c(SCC(=O)NCc2ccccc2)c(C#N)c1-c1cccs1. The maximum absolute atomic E-state index is 12.2. The third kappa shape index (κ3) is 4.32. The van der Waals surface area contributed by atoms with Gasteiger partial charge in [-0.15, -0.1) is 11.3 Å². The average Bonchev–Trinajstić information content (AvgIpc) is 3.25. The number of anilines is 1. The largest absolute Gasteiger partial charge is 0.351 e. The Morgan fingerprint density at radius 2 is 1.89 bits per heavy atom. The van der Waals surface area contributed by atoms with Gasteiger partial charge < -0.3 is 5.32 Å². The number of benzene rings is 1. The highest BCUT2D eigenvalue weighted by molar-refractivity contribution is 7.99. The molecule has 2 heterocycles. The number of hydrogen-bond acceptors (Lipinski definition) is 6. The summed E-state index contributed by atoms with van der Waals surface area (Å²) in [5.74, 6) is 0.136. The Morgan fingerprint density at radius 1 is 1.14 bits per heavy atom. The highest BCUT2D eigenvalue weighted by Gasteiger charge is 2.24. The van der Waals surface area contributed by atoms with Crippen LogP contribution in [0.2, 0.25) is 0 Å². The smallest absolute Gasteiger partial charge is 0.289 e. The number of nitrogens with zero attached hydrogens (tertiary/aromatic N) is 2. The topological polar surface area (TPSA) is 117 Å². The zero-order valence-corrected chi connectivity index (χ0v) is 16.4. The van der Waals surface area contributed by atoms with Crippen LogP contribution in [-0.4, -0.2) is 11.7 Å². The number of nitrogens with one attached hydrogen (secondary N) is 2. The molecule has 6 nitrogen and oxygen atoms in total. The molecule has 1 aromatic carbocycles. The third-order valence-corrected chi connectivity index (χ3v) is 5.80. The van der Waals surface area contributed by atoms with Crippen LogP contribution < -0.4 is 16.0 Å². The van der Waals surface area contributed by atoms with Crippen LogP contribution in [-0.2, 0) is 11.3 Å². The van der Waals surface area contributed by atoms with Crippen LogP contribution >= 0.6 is 23.1 Å². The number of nitrogens with two attached hydrogens (primary N) is 1. The fourth-order valence-corrected chi connectivity index (χ4v) is 4.24. The predicted molar refractivity (Wildman–Crippen MR) is 109 cm³/mol. The fraction of sp³-hybridized carbons (Fsp3) is 0.100. The monoisotopic (exact) mass is 406 g/mol. The summed E-state index contributed by atoms with van der Waals surface area (Å²) in [6.45, 7) is 0.436. The maximum Gasteiger partial charge on any atom is 0.289 e. The molecule has 0 aliphatic rings. The number of thiophene rings is 1. The van der Waals surface area contributed by atoms with Gasteiger partial charge in [-0.05, 0) is 17.0 Å². The van der Waals surface area contributed by atoms with E-state index in [-0.39, 0.29) is 23.0 Å². The molecule has 4 N–H and O–H groups in total. The highest BCUT2D eigenvalue weighted by atomic mass is 32.2. The minimum Gasteiger partial charge on any atom is -0.351 e. The number of nitrogen functional groups attached to an aromatic ring is 1. The fourth-order valence-electron chi connectivity index (χ4n) is 2.60. The molecular weight excluding hydrogens is 390 g/mol. The Bertz CT molecular complexity index is 1070. The predicted octanol–water partition coefficient (Wildman–Crippen LogP) is 2.96. The van der Waals surface area contributed by atoms with Crippen molar-refractivity contribution in [1.82, 2.24) is 5.32 Å². The van der Waals surface area contributed by atoms with Crippen molar-refractivity contribution in [2.24, 2.45) is 0 Å². The van der Waals surface area contributed by atoms with Crippen LogP contribution in [0.3, 0.4) is 0 Å². The number of pyridine rings is 1. The van der Waals surface area contributed by atoms with Crippen molar-refractivity contribution in [3.05, 3.63) is 64.5 Å². The minimum absolute atomic E-state index is 0.118. The Hall–Kier alpha value is -3.33. The number of nitriles is 2. The molecule has 0 unspecified atom stereocenters. The van der Waals surface area contributed by atoms with Crippen molar-refractivity contribution in [3.63, 3.8) is 0 Å². The zero-order chi connectivity index (χ0) is 19.9. The van der Waals surface area contributed by atoms with Crippen LogP contribution in [0, 0.1) is 22.7 Å². The van der Waals surface area contributed by atoms with Gasteiger partial charge in [0.25, 0.3) is 5.82 Å². The molecule has 0 aliphatic heterocycles. The first-order valence-electron chi connectivity index (χ1n) is 8.30. The molecule has 8 heteroatoms. The maximum atomic E-state index is 12.2. The van der Waals surface area contributed by atoms with Crippen molar-refractivity contribution in [1.29, 1.82) is 10.5 Å². The van der Waals surface area contributed by atoms with E-state index in [4.69, 9.17) is 5.73 Å². The molecular formula is C20H16N5OS2+. The lowest BCUT2D eigenvalue weighted by Gasteiger charge is -2.09. The van der Waals surface area contributed by atoms with Gasteiger partial charge >= 0.3 is 0 Å². The molecule has 3 aromatic rings. The van der Waals surface area contributed by atoms with E-state index in [1.807, 2.05) is 47.8 Å². The van der Waals surface area contributed by atoms with E-state index in [2.05, 4.69) is 22.4 Å². The Balaban J connectivity index is 1.80. The number of H-pyrrole nitrogens is 1. The number of carbonyl (C=O) groups excluding carboxylic acids is 1. The number of hydrogen-bond donors (Lipinski definition) is 2. The molecule has 2 aromatic heterocycles. The van der Waals surface area contributed by atoms with E-state index in [0.29, 0.717) is 22.7 Å². The summed E-state index contributed by atoms with van der Waals surface area (Å²) in [6.07, 6.45) is 0. The molecule has 0 bridgehead atoms. The number of amides is 1. The number of aromatic amines is 1. The summed E-state index contributed by atoms with van der Waals surface area (Å²) in [7, 11) is 0. The number of aromatic nitrogens is 1. The molecule has 0 saturated heterocycles. The molecule has 3 rings (SSSR count). The van der Waals surface area contributed by atoms with Crippen LogP contribution in [0.1, 0.15) is 16.7 Å². The summed E-state index contributed by atoms with van der Waals surface area (Å²) < 4.78 is 0. The molecule has 1 amide bonds. The number of carbonyl (C=O) groups is 1. The Labute approximate surface area is 170 Å². The lowest BCUT2D eigenvalue weighted by Crippen LogP contribution is -2.26. The minimum atomic E-state index is -0.160. The van der Waals surface area contributed by atoms with Gasteiger partial charge in [0.1, 0.15) is 17.7 Å². The molecule has 0 aliphatic carbocycles.